The smallest absolute Gasteiger partial charge is 0.320 e. The van der Waals surface area contributed by atoms with Crippen LogP contribution in [0.5, 0.6) is 0 Å². The van der Waals surface area contributed by atoms with Gasteiger partial charge in [-0.1, -0.05) is 43.1 Å². The van der Waals surface area contributed by atoms with Crippen molar-refractivity contribution >= 4 is 41.0 Å². The van der Waals surface area contributed by atoms with Crippen molar-refractivity contribution in [1.82, 2.24) is 10.2 Å². The first-order valence-corrected chi connectivity index (χ1v) is 14.3. The first-order chi connectivity index (χ1) is 18.6. The van der Waals surface area contributed by atoms with Crippen molar-refractivity contribution in [2.45, 2.75) is 64.7 Å². The average Bonchev–Trinajstić information content (AvgIpc) is 3.74. The Morgan fingerprint density at radius 3 is 2.59 bits per heavy atom. The zero-order chi connectivity index (χ0) is 28.3. The van der Waals surface area contributed by atoms with Crippen LogP contribution >= 0.6 is 23.2 Å². The third-order valence-corrected chi connectivity index (χ3v) is 8.51. The molecule has 1 aliphatic carbocycles. The predicted molar refractivity (Wildman–Crippen MR) is 148 cm³/mol. The highest BCUT2D eigenvalue weighted by Gasteiger charge is 2.63. The number of methoxy groups -OCH3 is 2. The number of rotatable bonds is 11. The van der Waals surface area contributed by atoms with Crippen LogP contribution in [0.4, 0.5) is 0 Å². The van der Waals surface area contributed by atoms with Gasteiger partial charge in [0.25, 0.3) is 0 Å². The summed E-state index contributed by atoms with van der Waals surface area (Å²) in [7, 11) is 2.97. The van der Waals surface area contributed by atoms with Gasteiger partial charge in [-0.05, 0) is 61.3 Å². The van der Waals surface area contributed by atoms with E-state index in [1.54, 1.807) is 30.2 Å². The minimum absolute atomic E-state index is 0.0479. The molecule has 4 rings (SSSR count). The summed E-state index contributed by atoms with van der Waals surface area (Å²) in [5, 5.41) is 3.78. The first-order valence-electron chi connectivity index (χ1n) is 13.6. The summed E-state index contributed by atoms with van der Waals surface area (Å²) in [6.07, 6.45) is 3.80. The largest absolute Gasteiger partial charge is 0.468 e. The molecule has 1 saturated heterocycles. The number of nitrogens with one attached hydrogen (secondary N) is 1. The summed E-state index contributed by atoms with van der Waals surface area (Å²) < 4.78 is 17.1. The maximum absolute atomic E-state index is 14.1. The molecule has 0 unspecified atom stereocenters. The predicted octanol–water partition coefficient (Wildman–Crippen LogP) is 4.76. The van der Waals surface area contributed by atoms with Crippen LogP contribution in [-0.4, -0.2) is 62.3 Å². The number of esters is 1. The van der Waals surface area contributed by atoms with Crippen molar-refractivity contribution in [3.05, 3.63) is 45.6 Å². The van der Waals surface area contributed by atoms with Gasteiger partial charge < -0.3 is 24.4 Å². The number of fused-ring (bicyclic) bond motifs is 1. The summed E-state index contributed by atoms with van der Waals surface area (Å²) >= 11 is 12.7. The van der Waals surface area contributed by atoms with E-state index in [4.69, 9.17) is 37.4 Å². The van der Waals surface area contributed by atoms with Crippen molar-refractivity contribution in [1.29, 1.82) is 0 Å². The van der Waals surface area contributed by atoms with Gasteiger partial charge in [-0.15, -0.1) is 0 Å². The minimum atomic E-state index is -1.21. The molecule has 8 nitrogen and oxygen atoms in total. The molecule has 1 aromatic carbocycles. The van der Waals surface area contributed by atoms with E-state index in [0.29, 0.717) is 40.9 Å². The molecule has 3 aliphatic rings. The highest BCUT2D eigenvalue weighted by atomic mass is 35.5. The number of piperidine rings is 1. The number of ether oxygens (including phenoxy) is 3. The SMILES string of the molecule is COCCCNC(=O)C[C@H]1C[C@]2(C(=O)OC)C(=C[C@@H](C(C)C)O[C@H]2C2CC2)N(Cc2ccc(Cl)cc2Cl)C1=O. The van der Waals surface area contributed by atoms with E-state index in [2.05, 4.69) is 19.2 Å². The summed E-state index contributed by atoms with van der Waals surface area (Å²) in [5.74, 6) is -1.36. The molecule has 39 heavy (non-hydrogen) atoms. The Morgan fingerprint density at radius 2 is 1.97 bits per heavy atom. The molecule has 2 heterocycles. The summed E-state index contributed by atoms with van der Waals surface area (Å²) in [4.78, 5) is 42.5. The Kier molecular flexibility index (Phi) is 9.63. The van der Waals surface area contributed by atoms with Crippen LogP contribution in [0.1, 0.15) is 51.5 Å². The fraction of sp³-hybridized carbons (Fsp3) is 0.621. The van der Waals surface area contributed by atoms with Crippen molar-refractivity contribution in [3.8, 4) is 0 Å². The van der Waals surface area contributed by atoms with Gasteiger partial charge in [-0.3, -0.25) is 14.4 Å². The fourth-order valence-electron chi connectivity index (χ4n) is 5.77. The molecule has 4 atom stereocenters. The normalized spacial score (nSPS) is 26.7. The second-order valence-corrected chi connectivity index (χ2v) is 11.9. The van der Waals surface area contributed by atoms with Crippen molar-refractivity contribution in [3.63, 3.8) is 0 Å². The molecular formula is C29H38Cl2N2O6. The molecule has 2 fully saturated rings. The number of benzene rings is 1. The molecule has 1 N–H and O–H groups in total. The maximum Gasteiger partial charge on any atom is 0.320 e. The van der Waals surface area contributed by atoms with E-state index in [9.17, 15) is 14.4 Å². The standard InChI is InChI=1S/C29H38Cl2N2O6/c1-17(2)23-14-24-29(28(36)38-4,26(39-23)18-6-7-18)15-20(12-25(34)32-10-5-11-37-3)27(35)33(24)16-19-8-9-21(30)13-22(19)31/h8-9,13-14,17-18,20,23,26H,5-7,10-12,15-16H2,1-4H3,(H,32,34)/t20-,23-,26-,29-/m0/s1. The second-order valence-electron chi connectivity index (χ2n) is 11.1. The molecule has 10 heteroatoms. The summed E-state index contributed by atoms with van der Waals surface area (Å²) in [5.41, 5.74) is 0.0630. The summed E-state index contributed by atoms with van der Waals surface area (Å²) in [6, 6.07) is 5.13. The van der Waals surface area contributed by atoms with Gasteiger partial charge in [0, 0.05) is 48.3 Å². The molecular weight excluding hydrogens is 543 g/mol. The average molecular weight is 582 g/mol. The topological polar surface area (TPSA) is 94.2 Å². The molecule has 214 valence electrons. The zero-order valence-electron chi connectivity index (χ0n) is 23.0. The van der Waals surface area contributed by atoms with Crippen LogP contribution in [0.15, 0.2) is 30.0 Å². The van der Waals surface area contributed by atoms with E-state index in [1.807, 2.05) is 6.08 Å². The third-order valence-electron chi connectivity index (χ3n) is 7.92. The highest BCUT2D eigenvalue weighted by molar-refractivity contribution is 6.35. The lowest BCUT2D eigenvalue weighted by Gasteiger charge is -2.53. The number of likely N-dealkylation sites (tertiary alicyclic amines) is 1. The second kappa shape index (κ2) is 12.6. The lowest BCUT2D eigenvalue weighted by molar-refractivity contribution is -0.182. The van der Waals surface area contributed by atoms with Crippen LogP contribution < -0.4 is 5.32 Å². The Labute approximate surface area is 240 Å². The van der Waals surface area contributed by atoms with Crippen molar-refractivity contribution < 1.29 is 28.6 Å². The number of nitrogens with zero attached hydrogens (tertiary/aromatic N) is 1. The van der Waals surface area contributed by atoms with Gasteiger partial charge in [0.1, 0.15) is 5.41 Å². The molecule has 0 spiro atoms. The number of hydrogen-bond acceptors (Lipinski definition) is 6. The first kappa shape index (κ1) is 29.8. The minimum Gasteiger partial charge on any atom is -0.468 e. The highest BCUT2D eigenvalue weighted by Crippen LogP contribution is 2.56. The lowest BCUT2D eigenvalue weighted by Crippen LogP contribution is -2.61. The number of amides is 2. The Bertz CT molecular complexity index is 1120. The Balaban J connectivity index is 1.77. The van der Waals surface area contributed by atoms with Gasteiger partial charge in [0.2, 0.25) is 11.8 Å². The maximum atomic E-state index is 14.1. The quantitative estimate of drug-likeness (QED) is 0.299. The van der Waals surface area contributed by atoms with Gasteiger partial charge >= 0.3 is 5.97 Å². The third kappa shape index (κ3) is 6.29. The lowest BCUT2D eigenvalue weighted by atomic mass is 9.64. The Morgan fingerprint density at radius 1 is 1.23 bits per heavy atom. The Hall–Kier alpha value is -2.13. The van der Waals surface area contributed by atoms with E-state index in [1.165, 1.54) is 7.11 Å². The van der Waals surface area contributed by atoms with Gasteiger partial charge in [-0.2, -0.15) is 0 Å². The van der Waals surface area contributed by atoms with E-state index >= 15 is 0 Å². The fourth-order valence-corrected chi connectivity index (χ4v) is 6.24. The number of carbonyl (C=O) groups excluding carboxylic acids is 3. The monoisotopic (exact) mass is 580 g/mol. The molecule has 0 radical (unpaired) electrons. The summed E-state index contributed by atoms with van der Waals surface area (Å²) in [6.45, 7) is 5.20. The number of carbonyl (C=O) groups is 3. The van der Waals surface area contributed by atoms with E-state index in [-0.39, 0.29) is 49.1 Å². The van der Waals surface area contributed by atoms with Gasteiger partial charge in [0.15, 0.2) is 0 Å². The van der Waals surface area contributed by atoms with Gasteiger partial charge in [-0.25, -0.2) is 0 Å². The molecule has 0 aromatic heterocycles. The zero-order valence-corrected chi connectivity index (χ0v) is 24.5. The van der Waals surface area contributed by atoms with E-state index < -0.39 is 23.4 Å². The van der Waals surface area contributed by atoms with Crippen molar-refractivity contribution in [2.75, 3.05) is 27.4 Å². The van der Waals surface area contributed by atoms with Crippen LogP contribution in [0, 0.1) is 23.2 Å². The molecule has 2 amide bonds. The molecule has 1 saturated carbocycles. The van der Waals surface area contributed by atoms with Crippen LogP contribution in [0.25, 0.3) is 0 Å². The molecule has 1 aromatic rings. The molecule has 2 aliphatic heterocycles. The van der Waals surface area contributed by atoms with Crippen molar-refractivity contribution in [2.24, 2.45) is 23.2 Å². The van der Waals surface area contributed by atoms with E-state index in [0.717, 1.165) is 12.8 Å². The van der Waals surface area contributed by atoms with Crippen LogP contribution in [0.3, 0.4) is 0 Å². The van der Waals surface area contributed by atoms with Gasteiger partial charge in [0.05, 0.1) is 25.9 Å². The number of hydrogen-bond donors (Lipinski definition) is 1. The number of halogens is 2. The van der Waals surface area contributed by atoms with Crippen LogP contribution in [0.2, 0.25) is 10.0 Å². The van der Waals surface area contributed by atoms with Crippen LogP contribution in [-0.2, 0) is 35.1 Å². The molecule has 0 bridgehead atoms.